The van der Waals surface area contributed by atoms with E-state index in [4.69, 9.17) is 14.7 Å². The Bertz CT molecular complexity index is 2130. The van der Waals surface area contributed by atoms with E-state index in [1.165, 1.54) is 11.0 Å². The Balaban J connectivity index is 1.24. The molecule has 1 fully saturated rings. The van der Waals surface area contributed by atoms with E-state index in [0.717, 1.165) is 28.9 Å². The molecule has 0 radical (unpaired) electrons. The van der Waals surface area contributed by atoms with Gasteiger partial charge < -0.3 is 29.6 Å². The first-order valence-electron chi connectivity index (χ1n) is 17.9. The molecule has 282 valence electrons. The first-order chi connectivity index (χ1) is 26.1. The average molecular weight is 743 g/mol. The predicted molar refractivity (Wildman–Crippen MR) is 195 cm³/mol. The van der Waals surface area contributed by atoms with Crippen molar-refractivity contribution in [1.29, 1.82) is 0 Å². The van der Waals surface area contributed by atoms with Gasteiger partial charge in [-0.3, -0.25) is 4.68 Å². The van der Waals surface area contributed by atoms with E-state index in [9.17, 15) is 23.1 Å². The summed E-state index contributed by atoms with van der Waals surface area (Å²) in [6.07, 6.45) is 1.48. The van der Waals surface area contributed by atoms with Gasteiger partial charge in [0.05, 0.1) is 36.6 Å². The lowest BCUT2D eigenvalue weighted by Gasteiger charge is -2.24. The number of aryl methyl sites for hydroxylation is 2. The first kappa shape index (κ1) is 36.6. The molecule has 3 N–H and O–H groups in total. The summed E-state index contributed by atoms with van der Waals surface area (Å²) in [6, 6.07) is 18.4. The standard InChI is InChI=1S/C38H41F3N10O3/c1-3-24-18-46-51(20-24)30-17-29(32(52)33(30)54-36(53)38(39,40)41)50-23-45-31-34(43-19-28(25-11-7-5-8-12-25)26-13-9-6-10-14-26)47-37(48-35(31)50)42-16-15-27-21-49(4-2)22-44-27/h5-14,18,20-23,28-30,32-33,52H,3-4,15-17,19H2,1-2H3,(H2,42,43,47,48)/t29-,30+,32+,33-/m1/s1. The van der Waals surface area contributed by atoms with Crippen LogP contribution in [0, 0.1) is 0 Å². The van der Waals surface area contributed by atoms with Crippen LogP contribution >= 0.6 is 0 Å². The zero-order valence-corrected chi connectivity index (χ0v) is 29.8. The van der Waals surface area contributed by atoms with E-state index in [-0.39, 0.29) is 18.3 Å². The minimum Gasteiger partial charge on any atom is -0.451 e. The highest BCUT2D eigenvalue weighted by molar-refractivity contribution is 5.84. The number of rotatable bonds is 14. The number of aromatic nitrogens is 8. The monoisotopic (exact) mass is 742 g/mol. The van der Waals surface area contributed by atoms with Crippen LogP contribution in [0.5, 0.6) is 0 Å². The second kappa shape index (κ2) is 15.7. The Morgan fingerprint density at radius 2 is 1.69 bits per heavy atom. The number of aliphatic hydroxyl groups is 1. The van der Waals surface area contributed by atoms with Gasteiger partial charge in [0.2, 0.25) is 5.95 Å². The van der Waals surface area contributed by atoms with Crippen LogP contribution in [-0.2, 0) is 28.9 Å². The van der Waals surface area contributed by atoms with Crippen LogP contribution in [0.3, 0.4) is 0 Å². The van der Waals surface area contributed by atoms with Gasteiger partial charge in [-0.2, -0.15) is 28.2 Å². The molecule has 4 heterocycles. The Kier molecular flexibility index (Phi) is 10.6. The zero-order valence-electron chi connectivity index (χ0n) is 29.8. The SMILES string of the molecule is CCc1cnn([C@H]2C[C@@H](n3cnc4c(NCC(c5ccccc5)c5ccccc5)nc(NCCc5cn(CC)cn5)nc43)[C@H](O)[C@@H]2OC(=O)C(F)(F)F)c1. The van der Waals surface area contributed by atoms with Crippen LogP contribution in [0.4, 0.5) is 24.9 Å². The second-order valence-electron chi connectivity index (χ2n) is 13.3. The van der Waals surface area contributed by atoms with Crippen molar-refractivity contribution in [2.45, 2.75) is 76.0 Å². The van der Waals surface area contributed by atoms with E-state index >= 15 is 0 Å². The largest absolute Gasteiger partial charge is 0.490 e. The molecule has 1 saturated carbocycles. The van der Waals surface area contributed by atoms with Gasteiger partial charge in [0, 0.05) is 44.4 Å². The lowest BCUT2D eigenvalue weighted by molar-refractivity contribution is -0.210. The van der Waals surface area contributed by atoms with E-state index in [0.29, 0.717) is 42.9 Å². The summed E-state index contributed by atoms with van der Waals surface area (Å²) in [5.41, 5.74) is 4.66. The third kappa shape index (κ3) is 7.78. The highest BCUT2D eigenvalue weighted by Gasteiger charge is 2.51. The van der Waals surface area contributed by atoms with Gasteiger partial charge in [-0.25, -0.2) is 14.8 Å². The zero-order chi connectivity index (χ0) is 37.8. The molecule has 4 atom stereocenters. The number of benzene rings is 2. The van der Waals surface area contributed by atoms with Gasteiger partial charge >= 0.3 is 12.1 Å². The number of alkyl halides is 3. The lowest BCUT2D eigenvalue weighted by atomic mass is 9.91. The summed E-state index contributed by atoms with van der Waals surface area (Å²) in [5, 5.41) is 22.8. The number of carbonyl (C=O) groups excluding carboxylic acids is 1. The number of fused-ring (bicyclic) bond motifs is 1. The quantitative estimate of drug-likeness (QED) is 0.118. The molecule has 0 amide bonds. The van der Waals surface area contributed by atoms with Crippen LogP contribution in [0.2, 0.25) is 0 Å². The fourth-order valence-electron chi connectivity index (χ4n) is 6.95. The Morgan fingerprint density at radius 3 is 2.31 bits per heavy atom. The Morgan fingerprint density at radius 1 is 0.963 bits per heavy atom. The van der Waals surface area contributed by atoms with Crippen LogP contribution in [0.15, 0.2) is 91.9 Å². The fraction of sp³-hybridized carbons (Fsp3) is 0.368. The highest BCUT2D eigenvalue weighted by Crippen LogP contribution is 2.42. The topological polar surface area (TPSA) is 150 Å². The fourth-order valence-corrected chi connectivity index (χ4v) is 6.95. The molecule has 2 aromatic carbocycles. The summed E-state index contributed by atoms with van der Waals surface area (Å²) in [6.45, 7) is 5.66. The summed E-state index contributed by atoms with van der Waals surface area (Å²) in [7, 11) is 0. The molecule has 6 aromatic rings. The van der Waals surface area contributed by atoms with Gasteiger partial charge in [0.25, 0.3) is 0 Å². The number of anilines is 2. The summed E-state index contributed by atoms with van der Waals surface area (Å²) in [5.74, 6) is -1.72. The number of hydrogen-bond donors (Lipinski definition) is 3. The maximum absolute atomic E-state index is 13.4. The molecule has 7 rings (SSSR count). The predicted octanol–water partition coefficient (Wildman–Crippen LogP) is 5.72. The highest BCUT2D eigenvalue weighted by atomic mass is 19.4. The minimum atomic E-state index is -5.25. The normalized spacial score (nSPS) is 18.7. The number of nitrogens with one attached hydrogen (secondary N) is 2. The number of carbonyl (C=O) groups is 1. The van der Waals surface area contributed by atoms with Crippen LogP contribution in [-0.4, -0.2) is 81.4 Å². The molecule has 13 nitrogen and oxygen atoms in total. The first-order valence-corrected chi connectivity index (χ1v) is 17.9. The molecular formula is C38H41F3N10O3. The van der Waals surface area contributed by atoms with Crippen LogP contribution in [0.1, 0.15) is 60.7 Å². The molecule has 0 bridgehead atoms. The number of ether oxygens (including phenoxy) is 1. The van der Waals surface area contributed by atoms with Crippen LogP contribution in [0.25, 0.3) is 11.2 Å². The molecule has 0 spiro atoms. The molecule has 0 aliphatic heterocycles. The Labute approximate surface area is 309 Å². The summed E-state index contributed by atoms with van der Waals surface area (Å²) < 4.78 is 50.3. The molecule has 1 aliphatic rings. The smallest absolute Gasteiger partial charge is 0.451 e. The number of nitrogens with zero attached hydrogens (tertiary/aromatic N) is 8. The van der Waals surface area contributed by atoms with Crippen molar-refractivity contribution in [3.05, 3.63) is 114 Å². The number of esters is 1. The molecule has 0 saturated heterocycles. The third-order valence-electron chi connectivity index (χ3n) is 9.84. The average Bonchev–Trinajstić information content (AvgIpc) is 3.99. The van der Waals surface area contributed by atoms with Crippen molar-refractivity contribution in [2.24, 2.45) is 0 Å². The molecule has 1 aliphatic carbocycles. The minimum absolute atomic E-state index is 0.0480. The molecule has 0 unspecified atom stereocenters. The second-order valence-corrected chi connectivity index (χ2v) is 13.3. The maximum Gasteiger partial charge on any atom is 0.490 e. The number of imidazole rings is 2. The molecular weight excluding hydrogens is 701 g/mol. The lowest BCUT2D eigenvalue weighted by Crippen LogP contribution is -2.39. The summed E-state index contributed by atoms with van der Waals surface area (Å²) >= 11 is 0. The van der Waals surface area contributed by atoms with E-state index in [1.54, 1.807) is 23.3 Å². The van der Waals surface area contributed by atoms with Gasteiger partial charge in [0.1, 0.15) is 6.10 Å². The molecule has 54 heavy (non-hydrogen) atoms. The maximum atomic E-state index is 13.4. The third-order valence-corrected chi connectivity index (χ3v) is 9.84. The molecule has 4 aromatic heterocycles. The summed E-state index contributed by atoms with van der Waals surface area (Å²) in [4.78, 5) is 30.8. The van der Waals surface area contributed by atoms with Gasteiger partial charge in [-0.1, -0.05) is 67.6 Å². The van der Waals surface area contributed by atoms with Crippen molar-refractivity contribution in [1.82, 2.24) is 38.9 Å². The van der Waals surface area contributed by atoms with E-state index in [1.807, 2.05) is 61.0 Å². The van der Waals surface area contributed by atoms with Gasteiger partial charge in [0.15, 0.2) is 23.1 Å². The Hall–Kier alpha value is -5.77. The van der Waals surface area contributed by atoms with Crippen molar-refractivity contribution in [3.63, 3.8) is 0 Å². The number of hydrogen-bond acceptors (Lipinski definition) is 10. The van der Waals surface area contributed by atoms with Gasteiger partial charge in [-0.05, 0) is 36.5 Å². The number of halogens is 3. The van der Waals surface area contributed by atoms with Gasteiger partial charge in [-0.15, -0.1) is 0 Å². The van der Waals surface area contributed by atoms with Crippen molar-refractivity contribution < 1.29 is 27.8 Å². The molecule has 16 heteroatoms. The van der Waals surface area contributed by atoms with Crippen LogP contribution < -0.4 is 10.6 Å². The number of aliphatic hydroxyl groups excluding tert-OH is 1. The van der Waals surface area contributed by atoms with E-state index < -0.39 is 36.4 Å². The van der Waals surface area contributed by atoms with Crippen molar-refractivity contribution in [3.8, 4) is 0 Å². The van der Waals surface area contributed by atoms with E-state index in [2.05, 4.69) is 50.0 Å². The van der Waals surface area contributed by atoms with Crippen molar-refractivity contribution in [2.75, 3.05) is 23.7 Å². The van der Waals surface area contributed by atoms with Crippen molar-refractivity contribution >= 4 is 28.9 Å².